The van der Waals surface area contributed by atoms with E-state index in [1.807, 2.05) is 13.8 Å². The van der Waals surface area contributed by atoms with Crippen LogP contribution in [0.4, 0.5) is 0 Å². The summed E-state index contributed by atoms with van der Waals surface area (Å²) in [6.07, 6.45) is 4.44. The van der Waals surface area contributed by atoms with Crippen LogP contribution in [0.3, 0.4) is 0 Å². The molecule has 6 rings (SSSR count). The molecule has 1 saturated carbocycles. The number of ether oxygens (including phenoxy) is 4. The Bertz CT molecular complexity index is 757. The van der Waals surface area contributed by atoms with E-state index in [9.17, 15) is 9.59 Å². The first-order valence-electron chi connectivity index (χ1n) is 12.6. The van der Waals surface area contributed by atoms with Crippen LogP contribution >= 0.6 is 0 Å². The number of amides is 1. The molecule has 5 saturated heterocycles. The standard InChI is InChI=1S/C24H37NO8/c1-14-6-7-18-15(2)21(29-20(27)9-8-19(26)25-13-16-5-4-12-28-16)30-22-24(18)17(14)10-11-23(3,31-22)32-33-24/h14-18,21-22H,4-13H2,1-3H3,(H,25,26)/t14-,15-,16+,17+,18+,21-,22-,23-,24+/m1/s1. The molecule has 2 bridgehead atoms. The van der Waals surface area contributed by atoms with E-state index in [0.29, 0.717) is 12.5 Å². The fourth-order valence-electron chi connectivity index (χ4n) is 6.53. The summed E-state index contributed by atoms with van der Waals surface area (Å²) < 4.78 is 23.8. The van der Waals surface area contributed by atoms with Gasteiger partial charge in [-0.15, -0.1) is 0 Å². The molecule has 9 atom stereocenters. The molecule has 5 heterocycles. The Kier molecular flexibility index (Phi) is 6.46. The number of hydrogen-bond acceptors (Lipinski definition) is 8. The van der Waals surface area contributed by atoms with Crippen LogP contribution < -0.4 is 5.32 Å². The molecule has 186 valence electrons. The maximum absolute atomic E-state index is 12.6. The minimum Gasteiger partial charge on any atom is -0.435 e. The van der Waals surface area contributed by atoms with Crippen molar-refractivity contribution in [1.29, 1.82) is 0 Å². The summed E-state index contributed by atoms with van der Waals surface area (Å²) in [7, 11) is 0. The Morgan fingerprint density at radius 3 is 2.70 bits per heavy atom. The lowest BCUT2D eigenvalue weighted by Crippen LogP contribution is -2.70. The number of carbonyl (C=O) groups is 2. The van der Waals surface area contributed by atoms with Gasteiger partial charge in [-0.05, 0) is 50.9 Å². The third kappa shape index (κ3) is 4.31. The van der Waals surface area contributed by atoms with E-state index >= 15 is 0 Å². The molecule has 0 unspecified atom stereocenters. The Labute approximate surface area is 195 Å². The van der Waals surface area contributed by atoms with Crippen LogP contribution in [0.15, 0.2) is 0 Å². The molecule has 6 aliphatic rings. The number of rotatable bonds is 6. The highest BCUT2D eigenvalue weighted by Gasteiger charge is 2.69. The van der Waals surface area contributed by atoms with Gasteiger partial charge in [-0.1, -0.05) is 13.8 Å². The quantitative estimate of drug-likeness (QED) is 0.470. The third-order valence-electron chi connectivity index (χ3n) is 8.45. The Morgan fingerprint density at radius 1 is 1.06 bits per heavy atom. The normalized spacial score (nSPS) is 46.3. The van der Waals surface area contributed by atoms with Gasteiger partial charge in [0.15, 0.2) is 11.9 Å². The first-order valence-corrected chi connectivity index (χ1v) is 12.6. The van der Waals surface area contributed by atoms with Crippen LogP contribution in [-0.4, -0.2) is 55.1 Å². The van der Waals surface area contributed by atoms with Crippen molar-refractivity contribution in [3.8, 4) is 0 Å². The predicted molar refractivity (Wildman–Crippen MR) is 114 cm³/mol. The van der Waals surface area contributed by atoms with E-state index in [-0.39, 0.29) is 42.6 Å². The van der Waals surface area contributed by atoms with Gasteiger partial charge in [-0.3, -0.25) is 9.59 Å². The van der Waals surface area contributed by atoms with Gasteiger partial charge >= 0.3 is 5.97 Å². The highest BCUT2D eigenvalue weighted by Crippen LogP contribution is 2.60. The van der Waals surface area contributed by atoms with E-state index in [4.69, 9.17) is 28.7 Å². The second kappa shape index (κ2) is 9.07. The molecule has 5 aliphatic heterocycles. The lowest BCUT2D eigenvalue weighted by molar-refractivity contribution is -0.576. The maximum Gasteiger partial charge on any atom is 0.308 e. The van der Waals surface area contributed by atoms with Crippen molar-refractivity contribution < 1.29 is 38.3 Å². The first-order chi connectivity index (χ1) is 15.8. The van der Waals surface area contributed by atoms with Crippen LogP contribution in [0.2, 0.25) is 0 Å². The topological polar surface area (TPSA) is 102 Å². The summed E-state index contributed by atoms with van der Waals surface area (Å²) in [6.45, 7) is 7.40. The summed E-state index contributed by atoms with van der Waals surface area (Å²) in [5.74, 6) is -0.746. The van der Waals surface area contributed by atoms with Crippen molar-refractivity contribution in [3.63, 3.8) is 0 Å². The Morgan fingerprint density at radius 2 is 1.91 bits per heavy atom. The molecule has 33 heavy (non-hydrogen) atoms. The van der Waals surface area contributed by atoms with Crippen LogP contribution in [0, 0.1) is 23.7 Å². The van der Waals surface area contributed by atoms with Crippen LogP contribution in [-0.2, 0) is 38.3 Å². The highest BCUT2D eigenvalue weighted by molar-refractivity contribution is 5.81. The fraction of sp³-hybridized carbons (Fsp3) is 0.917. The molecule has 6 fully saturated rings. The van der Waals surface area contributed by atoms with Crippen molar-refractivity contribution in [3.05, 3.63) is 0 Å². The number of hydrogen-bond donors (Lipinski definition) is 1. The van der Waals surface area contributed by atoms with Crippen molar-refractivity contribution >= 4 is 11.9 Å². The molecule has 9 nitrogen and oxygen atoms in total. The van der Waals surface area contributed by atoms with Gasteiger partial charge in [-0.2, -0.15) is 0 Å². The summed E-state index contributed by atoms with van der Waals surface area (Å²) in [5, 5.41) is 2.84. The molecule has 0 radical (unpaired) electrons. The van der Waals surface area contributed by atoms with Gasteiger partial charge in [0.2, 0.25) is 18.0 Å². The summed E-state index contributed by atoms with van der Waals surface area (Å²) in [6, 6.07) is 0. The van der Waals surface area contributed by atoms with Crippen molar-refractivity contribution in [1.82, 2.24) is 5.32 Å². The van der Waals surface area contributed by atoms with Crippen LogP contribution in [0.5, 0.6) is 0 Å². The number of fused-ring (bicyclic) bond motifs is 2. The monoisotopic (exact) mass is 467 g/mol. The molecule has 0 aromatic carbocycles. The molecular weight excluding hydrogens is 430 g/mol. The van der Waals surface area contributed by atoms with Gasteiger partial charge in [0, 0.05) is 37.8 Å². The average molecular weight is 468 g/mol. The fourth-order valence-corrected chi connectivity index (χ4v) is 6.53. The summed E-state index contributed by atoms with van der Waals surface area (Å²) in [5.41, 5.74) is -0.682. The molecule has 1 spiro atoms. The van der Waals surface area contributed by atoms with Crippen molar-refractivity contribution in [2.75, 3.05) is 13.2 Å². The second-order valence-electron chi connectivity index (χ2n) is 10.7. The minimum atomic E-state index is -0.867. The second-order valence-corrected chi connectivity index (χ2v) is 10.7. The number of nitrogens with one attached hydrogen (secondary N) is 1. The predicted octanol–water partition coefficient (Wildman–Crippen LogP) is 2.81. The minimum absolute atomic E-state index is 0.00224. The molecular formula is C24H37NO8. The Hall–Kier alpha value is -1.26. The SMILES string of the molecule is C[C@H]1[C@H](OC(=O)CCC(=O)NC[C@@H]2CCCO2)O[C@@H]2O[C@@]3(C)CC[C@H]4[C@H](C)CC[C@@H]1[C@]24OO3. The average Bonchev–Trinajstić information content (AvgIpc) is 3.21. The molecule has 1 aliphatic carbocycles. The molecule has 0 aromatic rings. The smallest absolute Gasteiger partial charge is 0.308 e. The summed E-state index contributed by atoms with van der Waals surface area (Å²) in [4.78, 5) is 36.6. The highest BCUT2D eigenvalue weighted by atomic mass is 17.3. The molecule has 0 aromatic heterocycles. The van der Waals surface area contributed by atoms with Gasteiger partial charge in [-0.25, -0.2) is 9.78 Å². The zero-order valence-corrected chi connectivity index (χ0v) is 19.9. The van der Waals surface area contributed by atoms with Gasteiger partial charge in [0.1, 0.15) is 0 Å². The van der Waals surface area contributed by atoms with Crippen LogP contribution in [0.1, 0.15) is 72.1 Å². The maximum atomic E-state index is 12.6. The lowest BCUT2D eigenvalue weighted by atomic mass is 9.58. The van der Waals surface area contributed by atoms with Crippen molar-refractivity contribution in [2.45, 2.75) is 102 Å². The van der Waals surface area contributed by atoms with E-state index in [0.717, 1.165) is 45.1 Å². The largest absolute Gasteiger partial charge is 0.435 e. The number of esters is 1. The van der Waals surface area contributed by atoms with E-state index in [1.165, 1.54) is 0 Å². The third-order valence-corrected chi connectivity index (χ3v) is 8.45. The van der Waals surface area contributed by atoms with Gasteiger partial charge in [0.05, 0.1) is 12.5 Å². The van der Waals surface area contributed by atoms with E-state index in [1.54, 1.807) is 0 Å². The lowest BCUT2D eigenvalue weighted by Gasteiger charge is -2.59. The summed E-state index contributed by atoms with van der Waals surface area (Å²) >= 11 is 0. The van der Waals surface area contributed by atoms with E-state index in [2.05, 4.69) is 12.2 Å². The molecule has 1 amide bonds. The van der Waals surface area contributed by atoms with Gasteiger partial charge in [0.25, 0.3) is 0 Å². The number of carbonyl (C=O) groups excluding carboxylic acids is 2. The molecule has 9 heteroatoms. The van der Waals surface area contributed by atoms with Crippen LogP contribution in [0.25, 0.3) is 0 Å². The zero-order valence-electron chi connectivity index (χ0n) is 19.9. The van der Waals surface area contributed by atoms with Crippen molar-refractivity contribution in [2.24, 2.45) is 23.7 Å². The van der Waals surface area contributed by atoms with Gasteiger partial charge < -0.3 is 24.3 Å². The zero-order chi connectivity index (χ0) is 23.2. The van der Waals surface area contributed by atoms with E-state index < -0.39 is 29.9 Å². The first kappa shape index (κ1) is 23.5. The Balaban J connectivity index is 1.20. The molecule has 1 N–H and O–H groups in total.